The molecule has 134 valence electrons. The van der Waals surface area contributed by atoms with Crippen molar-refractivity contribution in [1.82, 2.24) is 4.98 Å². The van der Waals surface area contributed by atoms with E-state index in [1.807, 2.05) is 19.1 Å². The third kappa shape index (κ3) is 4.93. The van der Waals surface area contributed by atoms with Gasteiger partial charge < -0.3 is 14.8 Å². The number of anilines is 1. The topological polar surface area (TPSA) is 94.6 Å². The molecule has 1 aromatic carbocycles. The number of hydrogen-bond donors (Lipinski definition) is 1. The molecule has 7 nitrogen and oxygen atoms in total. The van der Waals surface area contributed by atoms with E-state index in [4.69, 9.17) is 9.47 Å². The molecule has 0 radical (unpaired) electrons. The first-order valence-electron chi connectivity index (χ1n) is 7.49. The molecule has 1 atom stereocenters. The molecule has 1 heterocycles. The summed E-state index contributed by atoms with van der Waals surface area (Å²) in [6.07, 6.45) is 2.41. The van der Waals surface area contributed by atoms with E-state index in [2.05, 4.69) is 10.3 Å². The van der Waals surface area contributed by atoms with E-state index in [0.29, 0.717) is 23.1 Å². The molecule has 0 unspecified atom stereocenters. The summed E-state index contributed by atoms with van der Waals surface area (Å²) in [6, 6.07) is 8.66. The normalized spacial score (nSPS) is 12.3. The lowest BCUT2D eigenvalue weighted by Crippen LogP contribution is -2.31. The Bertz CT molecular complexity index is 863. The van der Waals surface area contributed by atoms with Gasteiger partial charge in [0.05, 0.1) is 19.0 Å². The van der Waals surface area contributed by atoms with Gasteiger partial charge in [-0.3, -0.25) is 4.79 Å². The number of amides is 1. The van der Waals surface area contributed by atoms with E-state index < -0.39 is 21.0 Å². The molecule has 0 saturated carbocycles. The number of nitrogens with zero attached hydrogens (tertiary/aromatic N) is 1. The summed E-state index contributed by atoms with van der Waals surface area (Å²) in [5.74, 6) is 0.804. The lowest BCUT2D eigenvalue weighted by molar-refractivity contribution is -0.115. The van der Waals surface area contributed by atoms with E-state index in [9.17, 15) is 13.2 Å². The Hall–Kier alpha value is -2.61. The first-order chi connectivity index (χ1) is 11.7. The minimum Gasteiger partial charge on any atom is -0.493 e. The summed E-state index contributed by atoms with van der Waals surface area (Å²) in [5.41, 5.74) is 1.42. The average Bonchev–Trinajstić information content (AvgIpc) is 2.56. The molecule has 2 rings (SSSR count). The van der Waals surface area contributed by atoms with Crippen LogP contribution in [0.4, 0.5) is 5.69 Å². The van der Waals surface area contributed by atoms with Gasteiger partial charge in [-0.25, -0.2) is 13.4 Å². The Balaban J connectivity index is 2.09. The first kappa shape index (κ1) is 18.7. The van der Waals surface area contributed by atoms with Crippen molar-refractivity contribution < 1.29 is 22.7 Å². The molecule has 0 saturated heterocycles. The standard InChI is InChI=1S/C17H20N2O5S/c1-11-5-7-14(15(9-11)23-3)24-16-8-6-13(10-18-16)19-17(20)12(2)25(4,21)22/h5-10,12H,1-4H3,(H,19,20)/t12-/m0/s1. The second-order valence-corrected chi connectivity index (χ2v) is 7.97. The fraction of sp³-hybridized carbons (Fsp3) is 0.294. The molecule has 0 aliphatic carbocycles. The Morgan fingerprint density at radius 3 is 2.48 bits per heavy atom. The second-order valence-electron chi connectivity index (χ2n) is 5.60. The summed E-state index contributed by atoms with van der Waals surface area (Å²) in [6.45, 7) is 3.28. The first-order valence-corrected chi connectivity index (χ1v) is 9.44. The summed E-state index contributed by atoms with van der Waals surface area (Å²) < 4.78 is 33.7. The molecule has 0 spiro atoms. The third-order valence-electron chi connectivity index (χ3n) is 3.55. The van der Waals surface area contributed by atoms with Gasteiger partial charge in [0.15, 0.2) is 21.3 Å². The van der Waals surface area contributed by atoms with Crippen LogP contribution in [0.3, 0.4) is 0 Å². The molecular formula is C17H20N2O5S. The number of hydrogen-bond acceptors (Lipinski definition) is 6. The fourth-order valence-electron chi connectivity index (χ4n) is 1.92. The minimum absolute atomic E-state index is 0.316. The molecule has 1 amide bonds. The van der Waals surface area contributed by atoms with E-state index in [1.54, 1.807) is 25.3 Å². The van der Waals surface area contributed by atoms with Crippen molar-refractivity contribution in [3.63, 3.8) is 0 Å². The fourth-order valence-corrected chi connectivity index (χ4v) is 2.37. The number of aromatic nitrogens is 1. The number of pyridine rings is 1. The zero-order chi connectivity index (χ0) is 18.6. The van der Waals surface area contributed by atoms with Gasteiger partial charge in [0.1, 0.15) is 5.25 Å². The Kier molecular flexibility index (Phi) is 5.63. The van der Waals surface area contributed by atoms with Crippen molar-refractivity contribution in [3.05, 3.63) is 42.1 Å². The number of carbonyl (C=O) groups is 1. The molecule has 0 fully saturated rings. The highest BCUT2D eigenvalue weighted by Gasteiger charge is 2.23. The van der Waals surface area contributed by atoms with Gasteiger partial charge >= 0.3 is 0 Å². The number of aryl methyl sites for hydroxylation is 1. The van der Waals surface area contributed by atoms with Crippen molar-refractivity contribution in [3.8, 4) is 17.4 Å². The number of carbonyl (C=O) groups excluding carboxylic acids is 1. The number of sulfone groups is 1. The molecule has 0 bridgehead atoms. The highest BCUT2D eigenvalue weighted by Crippen LogP contribution is 2.31. The molecule has 25 heavy (non-hydrogen) atoms. The SMILES string of the molecule is COc1cc(C)ccc1Oc1ccc(NC(=O)[C@H](C)S(C)(=O)=O)cn1. The minimum atomic E-state index is -3.45. The third-order valence-corrected chi connectivity index (χ3v) is 5.05. The molecule has 0 aliphatic rings. The quantitative estimate of drug-likeness (QED) is 0.846. The summed E-state index contributed by atoms with van der Waals surface area (Å²) >= 11 is 0. The smallest absolute Gasteiger partial charge is 0.242 e. The zero-order valence-electron chi connectivity index (χ0n) is 14.4. The molecule has 1 N–H and O–H groups in total. The van der Waals surface area contributed by atoms with Crippen LogP contribution >= 0.6 is 0 Å². The number of ether oxygens (including phenoxy) is 2. The van der Waals surface area contributed by atoms with Crippen LogP contribution in [0.25, 0.3) is 0 Å². The summed E-state index contributed by atoms with van der Waals surface area (Å²) in [5, 5.41) is 1.37. The number of methoxy groups -OCH3 is 1. The van der Waals surface area contributed by atoms with Crippen LogP contribution in [-0.2, 0) is 14.6 Å². The highest BCUT2D eigenvalue weighted by molar-refractivity contribution is 7.92. The summed E-state index contributed by atoms with van der Waals surface area (Å²) in [4.78, 5) is 16.0. The predicted octanol–water partition coefficient (Wildman–Crippen LogP) is 2.56. The van der Waals surface area contributed by atoms with Crippen LogP contribution in [0.1, 0.15) is 12.5 Å². The maximum atomic E-state index is 11.9. The van der Waals surface area contributed by atoms with Gasteiger partial charge in [0.2, 0.25) is 11.8 Å². The molecule has 2 aromatic rings. The monoisotopic (exact) mass is 364 g/mol. The highest BCUT2D eigenvalue weighted by atomic mass is 32.2. The average molecular weight is 364 g/mol. The Morgan fingerprint density at radius 2 is 1.92 bits per heavy atom. The zero-order valence-corrected chi connectivity index (χ0v) is 15.3. The van der Waals surface area contributed by atoms with Crippen LogP contribution in [0.15, 0.2) is 36.5 Å². The van der Waals surface area contributed by atoms with Gasteiger partial charge in [-0.1, -0.05) is 6.07 Å². The summed E-state index contributed by atoms with van der Waals surface area (Å²) in [7, 11) is -1.90. The Morgan fingerprint density at radius 1 is 1.20 bits per heavy atom. The van der Waals surface area contributed by atoms with Gasteiger partial charge in [-0.05, 0) is 37.6 Å². The van der Waals surface area contributed by atoms with Gasteiger partial charge in [-0.2, -0.15) is 0 Å². The van der Waals surface area contributed by atoms with Crippen molar-refractivity contribution in [2.45, 2.75) is 19.1 Å². The van der Waals surface area contributed by atoms with Crippen LogP contribution in [0, 0.1) is 6.92 Å². The molecule has 8 heteroatoms. The second kappa shape index (κ2) is 7.52. The van der Waals surface area contributed by atoms with Crippen LogP contribution in [0.5, 0.6) is 17.4 Å². The lowest BCUT2D eigenvalue weighted by Gasteiger charge is -2.12. The van der Waals surface area contributed by atoms with Gasteiger partial charge in [0, 0.05) is 12.3 Å². The van der Waals surface area contributed by atoms with Gasteiger partial charge in [-0.15, -0.1) is 0 Å². The largest absolute Gasteiger partial charge is 0.493 e. The number of rotatable bonds is 6. The maximum Gasteiger partial charge on any atom is 0.242 e. The molecule has 0 aliphatic heterocycles. The molecular weight excluding hydrogens is 344 g/mol. The predicted molar refractivity (Wildman–Crippen MR) is 95.0 cm³/mol. The van der Waals surface area contributed by atoms with Crippen molar-refractivity contribution >= 4 is 21.4 Å². The van der Waals surface area contributed by atoms with Crippen molar-refractivity contribution in [1.29, 1.82) is 0 Å². The van der Waals surface area contributed by atoms with Crippen LogP contribution in [0.2, 0.25) is 0 Å². The van der Waals surface area contributed by atoms with E-state index >= 15 is 0 Å². The molecule has 1 aromatic heterocycles. The van der Waals surface area contributed by atoms with E-state index in [0.717, 1.165) is 11.8 Å². The Labute approximate surface area is 146 Å². The van der Waals surface area contributed by atoms with Crippen molar-refractivity contribution in [2.75, 3.05) is 18.7 Å². The lowest BCUT2D eigenvalue weighted by atomic mass is 10.2. The maximum absolute atomic E-state index is 11.9. The van der Waals surface area contributed by atoms with E-state index in [1.165, 1.54) is 13.1 Å². The van der Waals surface area contributed by atoms with Crippen molar-refractivity contribution in [2.24, 2.45) is 0 Å². The number of nitrogens with one attached hydrogen (secondary N) is 1. The van der Waals surface area contributed by atoms with Gasteiger partial charge in [0.25, 0.3) is 0 Å². The van der Waals surface area contributed by atoms with Crippen LogP contribution < -0.4 is 14.8 Å². The number of benzene rings is 1. The van der Waals surface area contributed by atoms with E-state index in [-0.39, 0.29) is 0 Å². The van der Waals surface area contributed by atoms with Crippen LogP contribution in [-0.4, -0.2) is 37.9 Å².